The molecule has 0 unspecified atom stereocenters. The summed E-state index contributed by atoms with van der Waals surface area (Å²) in [5.41, 5.74) is 0.767. The van der Waals surface area contributed by atoms with E-state index in [-0.39, 0.29) is 29.9 Å². The van der Waals surface area contributed by atoms with E-state index in [9.17, 15) is 19.5 Å². The van der Waals surface area contributed by atoms with E-state index in [0.717, 1.165) is 11.8 Å². The highest BCUT2D eigenvalue weighted by Gasteiger charge is 2.15. The zero-order chi connectivity index (χ0) is 23.5. The van der Waals surface area contributed by atoms with Gasteiger partial charge in [-0.1, -0.05) is 17.8 Å². The second-order valence-corrected chi connectivity index (χ2v) is 7.27. The summed E-state index contributed by atoms with van der Waals surface area (Å²) in [6, 6.07) is 6.30. The third-order valence-electron chi connectivity index (χ3n) is 4.14. The Morgan fingerprint density at radius 3 is 2.38 bits per heavy atom. The van der Waals surface area contributed by atoms with Crippen molar-refractivity contribution in [2.24, 2.45) is 0 Å². The highest BCUT2D eigenvalue weighted by Crippen LogP contribution is 2.31. The fraction of sp³-hybridized carbons (Fsp3) is 0.261. The third kappa shape index (κ3) is 7.14. The second kappa shape index (κ2) is 12.5. The van der Waals surface area contributed by atoms with Crippen LogP contribution in [-0.4, -0.2) is 41.9 Å². The molecule has 0 spiro atoms. The minimum absolute atomic E-state index is 0.0873. The lowest BCUT2D eigenvalue weighted by molar-refractivity contribution is -0.142. The first kappa shape index (κ1) is 25.0. The van der Waals surface area contributed by atoms with E-state index in [1.165, 1.54) is 44.6 Å². The Bertz CT molecular complexity index is 994. The van der Waals surface area contributed by atoms with Gasteiger partial charge in [-0.05, 0) is 49.4 Å². The number of rotatable bonds is 11. The number of carbonyl (C=O) groups excluding carboxylic acids is 3. The Hall–Kier alpha value is -3.30. The molecule has 0 bridgehead atoms. The minimum Gasteiger partial charge on any atom is -0.496 e. The van der Waals surface area contributed by atoms with Gasteiger partial charge in [0.2, 0.25) is 5.12 Å². The highest BCUT2D eigenvalue weighted by molar-refractivity contribution is 8.14. The number of furan rings is 1. The van der Waals surface area contributed by atoms with Crippen LogP contribution in [0.5, 0.6) is 11.5 Å². The Labute approximate surface area is 189 Å². The van der Waals surface area contributed by atoms with Gasteiger partial charge < -0.3 is 23.7 Å². The fourth-order valence-electron chi connectivity index (χ4n) is 2.61. The largest absolute Gasteiger partial charge is 0.496 e. The molecule has 0 amide bonds. The zero-order valence-electron chi connectivity index (χ0n) is 18.0. The van der Waals surface area contributed by atoms with E-state index in [1.807, 2.05) is 0 Å². The Morgan fingerprint density at radius 2 is 1.78 bits per heavy atom. The van der Waals surface area contributed by atoms with E-state index >= 15 is 0 Å². The summed E-state index contributed by atoms with van der Waals surface area (Å²) in [5, 5.41) is 9.26. The van der Waals surface area contributed by atoms with Crippen molar-refractivity contribution in [3.8, 4) is 11.5 Å². The van der Waals surface area contributed by atoms with Crippen molar-refractivity contribution in [1.82, 2.24) is 0 Å². The number of aliphatic hydroxyl groups is 1. The van der Waals surface area contributed by atoms with Gasteiger partial charge in [-0.2, -0.15) is 0 Å². The maximum absolute atomic E-state index is 12.5. The number of hydrogen-bond donors (Lipinski definition) is 1. The van der Waals surface area contributed by atoms with Gasteiger partial charge in [0, 0.05) is 5.56 Å². The number of ether oxygens (including phenoxy) is 3. The second-order valence-electron chi connectivity index (χ2n) is 6.29. The van der Waals surface area contributed by atoms with E-state index < -0.39 is 5.97 Å². The van der Waals surface area contributed by atoms with Gasteiger partial charge in [-0.25, -0.2) is 0 Å². The first-order valence-electron chi connectivity index (χ1n) is 9.53. The summed E-state index contributed by atoms with van der Waals surface area (Å²) in [6.45, 7) is 1.34. The summed E-state index contributed by atoms with van der Waals surface area (Å²) >= 11 is 0.855. The average molecular weight is 461 g/mol. The van der Waals surface area contributed by atoms with Crippen LogP contribution in [0.25, 0.3) is 6.08 Å². The molecule has 0 aliphatic heterocycles. The molecule has 8 nitrogen and oxygen atoms in total. The van der Waals surface area contributed by atoms with Crippen molar-refractivity contribution < 1.29 is 38.1 Å². The molecule has 0 aliphatic rings. The smallest absolute Gasteiger partial charge is 0.316 e. The van der Waals surface area contributed by atoms with E-state index in [4.69, 9.17) is 18.6 Å². The van der Waals surface area contributed by atoms with Crippen LogP contribution >= 0.6 is 11.8 Å². The average Bonchev–Trinajstić information content (AvgIpc) is 3.26. The van der Waals surface area contributed by atoms with E-state index in [1.54, 1.807) is 25.1 Å². The number of hydrogen-bond acceptors (Lipinski definition) is 9. The van der Waals surface area contributed by atoms with Crippen LogP contribution in [0.15, 0.2) is 46.9 Å². The van der Waals surface area contributed by atoms with Gasteiger partial charge in [0.15, 0.2) is 5.78 Å². The standard InChI is InChI=1S/C23H24O8S/c1-4-5-23(27)32-14-22(26)30-13-17-7-6-16(31-17)8-9-19(25)15-10-20(28-2)18(12-24)21(11-15)29-3/h4-11,24H,12-14H2,1-3H3. The van der Waals surface area contributed by atoms with Crippen LogP contribution in [-0.2, 0) is 27.5 Å². The number of benzene rings is 1. The van der Waals surface area contributed by atoms with Crippen LogP contribution in [0, 0.1) is 0 Å². The molecule has 0 radical (unpaired) electrons. The van der Waals surface area contributed by atoms with Crippen molar-refractivity contribution in [3.63, 3.8) is 0 Å². The number of methoxy groups -OCH3 is 2. The molecule has 0 aliphatic carbocycles. The molecule has 0 fully saturated rings. The maximum Gasteiger partial charge on any atom is 0.316 e. The quantitative estimate of drug-likeness (QED) is 0.305. The van der Waals surface area contributed by atoms with Gasteiger partial charge in [0.05, 0.1) is 32.1 Å². The molecule has 9 heteroatoms. The molecule has 1 aromatic carbocycles. The lowest BCUT2D eigenvalue weighted by Crippen LogP contribution is -2.08. The summed E-state index contributed by atoms with van der Waals surface area (Å²) in [7, 11) is 2.88. The van der Waals surface area contributed by atoms with Gasteiger partial charge in [-0.15, -0.1) is 0 Å². The van der Waals surface area contributed by atoms with Crippen molar-refractivity contribution in [3.05, 3.63) is 65.1 Å². The number of allylic oxidation sites excluding steroid dienone is 2. The summed E-state index contributed by atoms with van der Waals surface area (Å²) < 4.78 is 21.0. The Kier molecular flexibility index (Phi) is 9.77. The van der Waals surface area contributed by atoms with Crippen molar-refractivity contribution in [2.45, 2.75) is 20.1 Å². The van der Waals surface area contributed by atoms with Crippen LogP contribution in [0.3, 0.4) is 0 Å². The Morgan fingerprint density at radius 1 is 1.09 bits per heavy atom. The molecule has 2 aromatic rings. The first-order chi connectivity index (χ1) is 15.4. The normalized spacial score (nSPS) is 11.1. The zero-order valence-corrected chi connectivity index (χ0v) is 18.8. The third-order valence-corrected chi connectivity index (χ3v) is 4.94. The fourth-order valence-corrected chi connectivity index (χ4v) is 3.18. The van der Waals surface area contributed by atoms with Gasteiger partial charge >= 0.3 is 5.97 Å². The van der Waals surface area contributed by atoms with Crippen LogP contribution in [0.2, 0.25) is 0 Å². The van der Waals surface area contributed by atoms with Crippen LogP contribution in [0.1, 0.15) is 34.4 Å². The first-order valence-corrected chi connectivity index (χ1v) is 10.5. The van der Waals surface area contributed by atoms with Crippen LogP contribution < -0.4 is 9.47 Å². The highest BCUT2D eigenvalue weighted by atomic mass is 32.2. The predicted octanol–water partition coefficient (Wildman–Crippen LogP) is 3.56. The summed E-state index contributed by atoms with van der Waals surface area (Å²) in [5.74, 6) is 0.531. The molecule has 1 aromatic heterocycles. The van der Waals surface area contributed by atoms with Gasteiger partial charge in [0.1, 0.15) is 29.6 Å². The molecular formula is C23H24O8S. The lowest BCUT2D eigenvalue weighted by atomic mass is 10.1. The number of esters is 1. The Balaban J connectivity index is 1.97. The van der Waals surface area contributed by atoms with Crippen molar-refractivity contribution in [1.29, 1.82) is 0 Å². The van der Waals surface area contributed by atoms with E-state index in [0.29, 0.717) is 34.1 Å². The topological polar surface area (TPSA) is 112 Å². The minimum atomic E-state index is -0.536. The van der Waals surface area contributed by atoms with E-state index in [2.05, 4.69) is 0 Å². The maximum atomic E-state index is 12.5. The summed E-state index contributed by atoms with van der Waals surface area (Å²) in [4.78, 5) is 35.6. The predicted molar refractivity (Wildman–Crippen MR) is 120 cm³/mol. The van der Waals surface area contributed by atoms with Crippen molar-refractivity contribution >= 4 is 34.7 Å². The molecule has 0 saturated carbocycles. The molecular weight excluding hydrogens is 436 g/mol. The molecule has 1 heterocycles. The molecule has 0 atom stereocenters. The van der Waals surface area contributed by atoms with Gasteiger partial charge in [0.25, 0.3) is 0 Å². The molecule has 2 rings (SSSR count). The monoisotopic (exact) mass is 460 g/mol. The van der Waals surface area contributed by atoms with Crippen molar-refractivity contribution in [2.75, 3.05) is 20.0 Å². The SMILES string of the molecule is CC=CC(=O)SCC(=O)OCc1ccc(C=CC(=O)c2cc(OC)c(CO)c(OC)c2)o1. The van der Waals surface area contributed by atoms with Gasteiger partial charge in [-0.3, -0.25) is 14.4 Å². The number of aliphatic hydroxyl groups excluding tert-OH is 1. The molecule has 32 heavy (non-hydrogen) atoms. The number of carbonyl (C=O) groups is 3. The number of thioether (sulfide) groups is 1. The van der Waals surface area contributed by atoms with Crippen LogP contribution in [0.4, 0.5) is 0 Å². The molecule has 0 saturated heterocycles. The molecule has 1 N–H and O–H groups in total. The molecule has 170 valence electrons. The summed E-state index contributed by atoms with van der Waals surface area (Å²) in [6.07, 6.45) is 5.78. The lowest BCUT2D eigenvalue weighted by Gasteiger charge is -2.12. The number of ketones is 1.